The number of carbonyl (C=O) groups is 1. The Morgan fingerprint density at radius 3 is 2.24 bits per heavy atom. The lowest BCUT2D eigenvalue weighted by atomic mass is 10.3. The first-order valence-corrected chi connectivity index (χ1v) is 8.68. The van der Waals surface area contributed by atoms with Crippen molar-refractivity contribution in [2.24, 2.45) is 0 Å². The van der Waals surface area contributed by atoms with Crippen molar-refractivity contribution in [2.45, 2.75) is 11.8 Å². The van der Waals surface area contributed by atoms with Gasteiger partial charge in [-0.25, -0.2) is 21.6 Å². The van der Waals surface area contributed by atoms with Crippen LogP contribution in [-0.2, 0) is 14.8 Å². The fraction of sp³-hybridized carbons (Fsp3) is 0.188. The number of likely N-dealkylation sites (N-methyl/N-ethyl adjacent to an activating group) is 1. The molecule has 5 nitrogen and oxygen atoms in total. The van der Waals surface area contributed by atoms with Gasteiger partial charge in [-0.15, -0.1) is 0 Å². The molecule has 0 bridgehead atoms. The van der Waals surface area contributed by atoms with Crippen LogP contribution in [0.3, 0.4) is 0 Å². The Morgan fingerprint density at radius 1 is 1.04 bits per heavy atom. The monoisotopic (exact) mass is 372 g/mol. The van der Waals surface area contributed by atoms with E-state index in [4.69, 9.17) is 0 Å². The molecule has 0 saturated heterocycles. The summed E-state index contributed by atoms with van der Waals surface area (Å²) in [4.78, 5) is 11.9. The van der Waals surface area contributed by atoms with Crippen molar-refractivity contribution >= 4 is 21.6 Å². The SMILES string of the molecule is CCN(CC(=O)Nc1ccc(F)c(F)c1)S(=O)(=O)c1ccc(F)cc1. The van der Waals surface area contributed by atoms with Gasteiger partial charge in [-0.2, -0.15) is 4.31 Å². The van der Waals surface area contributed by atoms with Crippen LogP contribution in [0.2, 0.25) is 0 Å². The van der Waals surface area contributed by atoms with Crippen molar-refractivity contribution in [3.63, 3.8) is 0 Å². The van der Waals surface area contributed by atoms with Crippen molar-refractivity contribution in [3.05, 3.63) is 59.9 Å². The van der Waals surface area contributed by atoms with Gasteiger partial charge in [0.15, 0.2) is 11.6 Å². The number of nitrogens with one attached hydrogen (secondary N) is 1. The molecule has 0 fully saturated rings. The lowest BCUT2D eigenvalue weighted by molar-refractivity contribution is -0.116. The van der Waals surface area contributed by atoms with Gasteiger partial charge in [0.1, 0.15) is 5.82 Å². The van der Waals surface area contributed by atoms with Crippen LogP contribution < -0.4 is 5.32 Å². The van der Waals surface area contributed by atoms with E-state index in [1.54, 1.807) is 0 Å². The third kappa shape index (κ3) is 4.58. The van der Waals surface area contributed by atoms with Gasteiger partial charge in [-0.05, 0) is 36.4 Å². The molecule has 0 unspecified atom stereocenters. The van der Waals surface area contributed by atoms with E-state index < -0.39 is 39.9 Å². The number of rotatable bonds is 6. The van der Waals surface area contributed by atoms with E-state index in [9.17, 15) is 26.4 Å². The van der Waals surface area contributed by atoms with Crippen LogP contribution in [0.1, 0.15) is 6.92 Å². The van der Waals surface area contributed by atoms with Crippen molar-refractivity contribution in [1.82, 2.24) is 4.31 Å². The molecule has 0 aromatic heterocycles. The van der Waals surface area contributed by atoms with Crippen LogP contribution in [0.25, 0.3) is 0 Å². The van der Waals surface area contributed by atoms with Gasteiger partial charge in [0.05, 0.1) is 11.4 Å². The van der Waals surface area contributed by atoms with Crippen molar-refractivity contribution in [3.8, 4) is 0 Å². The molecule has 0 spiro atoms. The summed E-state index contributed by atoms with van der Waals surface area (Å²) in [5, 5.41) is 2.30. The molecule has 0 radical (unpaired) electrons. The molecule has 0 saturated carbocycles. The Balaban J connectivity index is 2.13. The highest BCUT2D eigenvalue weighted by Gasteiger charge is 2.25. The lowest BCUT2D eigenvalue weighted by Gasteiger charge is -2.20. The highest BCUT2D eigenvalue weighted by molar-refractivity contribution is 7.89. The Labute approximate surface area is 143 Å². The van der Waals surface area contributed by atoms with Crippen LogP contribution >= 0.6 is 0 Å². The lowest BCUT2D eigenvalue weighted by Crippen LogP contribution is -2.37. The third-order valence-electron chi connectivity index (χ3n) is 3.33. The minimum Gasteiger partial charge on any atom is -0.325 e. The van der Waals surface area contributed by atoms with Gasteiger partial charge in [-0.1, -0.05) is 6.92 Å². The fourth-order valence-electron chi connectivity index (χ4n) is 2.06. The minimum atomic E-state index is -4.00. The normalized spacial score (nSPS) is 11.6. The third-order valence-corrected chi connectivity index (χ3v) is 5.26. The first-order chi connectivity index (χ1) is 11.7. The summed E-state index contributed by atoms with van der Waals surface area (Å²) < 4.78 is 64.8. The van der Waals surface area contributed by atoms with E-state index in [0.29, 0.717) is 0 Å². The zero-order valence-corrected chi connectivity index (χ0v) is 14.0. The number of halogens is 3. The summed E-state index contributed by atoms with van der Waals surface area (Å²) >= 11 is 0. The van der Waals surface area contributed by atoms with Gasteiger partial charge in [-0.3, -0.25) is 4.79 Å². The molecular formula is C16H15F3N2O3S. The number of sulfonamides is 1. The summed E-state index contributed by atoms with van der Waals surface area (Å²) in [5.74, 6) is -3.51. The number of hydrogen-bond acceptors (Lipinski definition) is 3. The van der Waals surface area contributed by atoms with Crippen LogP contribution in [0.4, 0.5) is 18.9 Å². The molecule has 0 aliphatic carbocycles. The fourth-order valence-corrected chi connectivity index (χ4v) is 3.46. The van der Waals surface area contributed by atoms with Crippen LogP contribution in [-0.4, -0.2) is 31.7 Å². The second-order valence-corrected chi connectivity index (χ2v) is 7.00. The van der Waals surface area contributed by atoms with Gasteiger partial charge in [0.2, 0.25) is 15.9 Å². The maximum atomic E-state index is 13.1. The average Bonchev–Trinajstić information content (AvgIpc) is 2.56. The van der Waals surface area contributed by atoms with E-state index >= 15 is 0 Å². The molecule has 134 valence electrons. The summed E-state index contributed by atoms with van der Waals surface area (Å²) in [6.07, 6.45) is 0. The highest BCUT2D eigenvalue weighted by atomic mass is 32.2. The molecular weight excluding hydrogens is 357 g/mol. The van der Waals surface area contributed by atoms with E-state index in [2.05, 4.69) is 5.32 Å². The minimum absolute atomic E-state index is 0.000803. The van der Waals surface area contributed by atoms with Gasteiger partial charge in [0.25, 0.3) is 0 Å². The highest BCUT2D eigenvalue weighted by Crippen LogP contribution is 2.17. The molecule has 2 aromatic rings. The largest absolute Gasteiger partial charge is 0.325 e. The predicted molar refractivity (Wildman–Crippen MR) is 85.8 cm³/mol. The van der Waals surface area contributed by atoms with Crippen molar-refractivity contribution in [1.29, 1.82) is 0 Å². The Hall–Kier alpha value is -2.39. The summed E-state index contributed by atoms with van der Waals surface area (Å²) in [6, 6.07) is 6.99. The standard InChI is InChI=1S/C16H15F3N2O3S/c1-2-21(25(23,24)13-6-3-11(17)4-7-13)10-16(22)20-12-5-8-14(18)15(19)9-12/h3-9H,2,10H2,1H3,(H,20,22). The first kappa shape index (κ1) is 18.9. The molecule has 0 aliphatic heterocycles. The van der Waals surface area contributed by atoms with Gasteiger partial charge in [0, 0.05) is 18.3 Å². The zero-order valence-electron chi connectivity index (χ0n) is 13.2. The molecule has 1 N–H and O–H groups in total. The summed E-state index contributed by atoms with van der Waals surface area (Å²) in [7, 11) is -4.00. The van der Waals surface area contributed by atoms with E-state index in [-0.39, 0.29) is 17.1 Å². The quantitative estimate of drug-likeness (QED) is 0.848. The van der Waals surface area contributed by atoms with Crippen molar-refractivity contribution in [2.75, 3.05) is 18.4 Å². The summed E-state index contributed by atoms with van der Waals surface area (Å²) in [5.41, 5.74) is -0.000803. The van der Waals surface area contributed by atoms with Crippen molar-refractivity contribution < 1.29 is 26.4 Å². The van der Waals surface area contributed by atoms with E-state index in [1.165, 1.54) is 6.92 Å². The number of carbonyl (C=O) groups excluding carboxylic acids is 1. The molecule has 2 aromatic carbocycles. The first-order valence-electron chi connectivity index (χ1n) is 7.24. The summed E-state index contributed by atoms with van der Waals surface area (Å²) in [6.45, 7) is 0.992. The second kappa shape index (κ2) is 7.66. The molecule has 1 amide bonds. The number of benzene rings is 2. The average molecular weight is 372 g/mol. The van der Waals surface area contributed by atoms with E-state index in [1.807, 2.05) is 0 Å². The molecule has 25 heavy (non-hydrogen) atoms. The van der Waals surface area contributed by atoms with Gasteiger partial charge < -0.3 is 5.32 Å². The molecule has 0 heterocycles. The maximum absolute atomic E-state index is 13.1. The van der Waals surface area contributed by atoms with Crippen LogP contribution in [0.15, 0.2) is 47.4 Å². The number of amides is 1. The topological polar surface area (TPSA) is 66.5 Å². The molecule has 0 aliphatic rings. The zero-order chi connectivity index (χ0) is 18.6. The molecule has 9 heteroatoms. The Kier molecular flexibility index (Phi) is 5.81. The van der Waals surface area contributed by atoms with Gasteiger partial charge >= 0.3 is 0 Å². The van der Waals surface area contributed by atoms with E-state index in [0.717, 1.165) is 46.8 Å². The molecule has 2 rings (SSSR count). The maximum Gasteiger partial charge on any atom is 0.243 e. The number of anilines is 1. The Bertz CT molecular complexity index is 871. The van der Waals surface area contributed by atoms with Crippen LogP contribution in [0, 0.1) is 17.5 Å². The van der Waals surface area contributed by atoms with Crippen LogP contribution in [0.5, 0.6) is 0 Å². The number of nitrogens with zero attached hydrogens (tertiary/aromatic N) is 1. The number of hydrogen-bond donors (Lipinski definition) is 1. The second-order valence-electron chi connectivity index (χ2n) is 5.06. The Morgan fingerprint density at radius 2 is 1.68 bits per heavy atom. The predicted octanol–water partition coefficient (Wildman–Crippen LogP) is 2.75. The smallest absolute Gasteiger partial charge is 0.243 e. The molecule has 0 atom stereocenters.